The van der Waals surface area contributed by atoms with Crippen LogP contribution in [0.3, 0.4) is 0 Å². The number of fused-ring (bicyclic) bond motifs is 6. The summed E-state index contributed by atoms with van der Waals surface area (Å²) in [6.07, 6.45) is 0. The highest BCUT2D eigenvalue weighted by atomic mass is 28.3. The Balaban J connectivity index is 1.16. The van der Waals surface area contributed by atoms with Gasteiger partial charge in [0.15, 0.2) is 16.1 Å². The summed E-state index contributed by atoms with van der Waals surface area (Å²) >= 11 is 0. The van der Waals surface area contributed by atoms with E-state index in [9.17, 15) is 4.11 Å². The Bertz CT molecular complexity index is 4370. The number of hydrogen-bond donors (Lipinski definition) is 0. The Labute approximate surface area is 423 Å². The lowest BCUT2D eigenvalue weighted by Crippen LogP contribution is -2.74. The molecule has 0 fully saturated rings. The van der Waals surface area contributed by atoms with E-state index in [4.69, 9.17) is 8.22 Å². The molecular weight excluding hydrogens is 877 g/mol. The third-order valence-electron chi connectivity index (χ3n) is 14.2. The van der Waals surface area contributed by atoms with Gasteiger partial charge in [-0.05, 0) is 90.0 Å². The standard InChI is InChI=1S/C66H48N2Si2/c1-7-25-51(26-8-1)69(52-27-9-2-10-28-52,53-29-11-3-12-30-53)57-37-23-24-49(46-57)67-65-44-42-50(68-63-40-21-19-38-59(63)60-39-20-22-41-64(60)68)47-61(65)62-48-58(43-45-66(62)67)70(54-31-13-4-14-32-54,55-33-15-5-16-34-55)56-35-17-6-18-36-56/h1-48H/i1D,7D,8D,19D,21D,25D,26D,38D,40D. The molecule has 0 N–H and O–H groups in total. The van der Waals surface area contributed by atoms with Crippen LogP contribution >= 0.6 is 0 Å². The van der Waals surface area contributed by atoms with E-state index in [1.807, 2.05) is 108 Å². The van der Waals surface area contributed by atoms with E-state index >= 15 is 0 Å². The van der Waals surface area contributed by atoms with Crippen LogP contribution in [0.5, 0.6) is 0 Å². The summed E-state index contributed by atoms with van der Waals surface area (Å²) in [7, 11) is -6.87. The molecule has 2 nitrogen and oxygen atoms in total. The molecule has 0 atom stereocenters. The molecule has 11 aromatic carbocycles. The molecule has 4 heteroatoms. The van der Waals surface area contributed by atoms with Crippen molar-refractivity contribution < 1.29 is 12.3 Å². The number of benzene rings is 11. The average molecular weight is 934 g/mol. The number of hydrogen-bond acceptors (Lipinski definition) is 0. The lowest BCUT2D eigenvalue weighted by Gasteiger charge is -2.35. The number of rotatable bonds is 10. The monoisotopic (exact) mass is 933 g/mol. The van der Waals surface area contributed by atoms with Crippen LogP contribution in [0.1, 0.15) is 12.3 Å². The summed E-state index contributed by atoms with van der Waals surface area (Å²) in [5, 5.41) is 10.7. The van der Waals surface area contributed by atoms with Crippen molar-refractivity contribution in [3.05, 3.63) is 291 Å². The second-order valence-corrected chi connectivity index (χ2v) is 25.3. The maximum atomic E-state index is 9.65. The Morgan fingerprint density at radius 1 is 0.243 bits per heavy atom. The lowest BCUT2D eigenvalue weighted by atomic mass is 10.1. The molecule has 13 aromatic rings. The Hall–Kier alpha value is -8.55. The first kappa shape index (κ1) is 33.0. The Morgan fingerprint density at radius 3 is 1.24 bits per heavy atom. The van der Waals surface area contributed by atoms with Gasteiger partial charge in [-0.3, -0.25) is 0 Å². The van der Waals surface area contributed by atoms with Crippen molar-refractivity contribution in [2.24, 2.45) is 0 Å². The minimum absolute atomic E-state index is 0.0913. The Morgan fingerprint density at radius 2 is 0.657 bits per heavy atom. The van der Waals surface area contributed by atoms with Crippen LogP contribution in [-0.4, -0.2) is 25.3 Å². The van der Waals surface area contributed by atoms with Crippen LogP contribution in [0.2, 0.25) is 0 Å². The number of nitrogens with zero attached hydrogens (tertiary/aromatic N) is 2. The first-order chi connectivity index (χ1) is 38.5. The molecule has 0 unspecified atom stereocenters. The maximum Gasteiger partial charge on any atom is 0.179 e. The molecule has 0 spiro atoms. The van der Waals surface area contributed by atoms with E-state index in [1.165, 1.54) is 15.6 Å². The van der Waals surface area contributed by atoms with Crippen LogP contribution < -0.4 is 41.5 Å². The van der Waals surface area contributed by atoms with Gasteiger partial charge in [0.05, 0.1) is 34.4 Å². The fourth-order valence-corrected chi connectivity index (χ4v) is 20.5. The molecule has 0 radical (unpaired) electrons. The van der Waals surface area contributed by atoms with E-state index in [2.05, 4.69) is 138 Å². The molecule has 0 saturated heterocycles. The van der Waals surface area contributed by atoms with Crippen molar-refractivity contribution in [1.29, 1.82) is 0 Å². The van der Waals surface area contributed by atoms with Gasteiger partial charge in [0.1, 0.15) is 0 Å². The van der Waals surface area contributed by atoms with Gasteiger partial charge in [-0.2, -0.15) is 0 Å². The maximum absolute atomic E-state index is 9.65. The second kappa shape index (κ2) is 17.2. The molecule has 70 heavy (non-hydrogen) atoms. The zero-order valence-electron chi connectivity index (χ0n) is 46.9. The molecule has 13 rings (SSSR count). The average Bonchev–Trinajstić information content (AvgIpc) is 4.19. The van der Waals surface area contributed by atoms with Crippen LogP contribution in [-0.2, 0) is 0 Å². The smallest absolute Gasteiger partial charge is 0.179 e. The van der Waals surface area contributed by atoms with Crippen molar-refractivity contribution in [2.45, 2.75) is 0 Å². The first-order valence-electron chi connectivity index (χ1n) is 28.0. The summed E-state index contributed by atoms with van der Waals surface area (Å²) in [4.78, 5) is 0. The van der Waals surface area contributed by atoms with Crippen molar-refractivity contribution in [2.75, 3.05) is 0 Å². The minimum Gasteiger partial charge on any atom is -0.309 e. The summed E-state index contributed by atoms with van der Waals surface area (Å²) < 4.78 is 86.4. The van der Waals surface area contributed by atoms with E-state index in [1.54, 1.807) is 0 Å². The fourth-order valence-electron chi connectivity index (χ4n) is 11.3. The lowest BCUT2D eigenvalue weighted by molar-refractivity contribution is 1.17. The van der Waals surface area contributed by atoms with E-state index in [0.29, 0.717) is 10.9 Å². The second-order valence-electron chi connectivity index (χ2n) is 17.7. The van der Waals surface area contributed by atoms with Gasteiger partial charge in [-0.25, -0.2) is 0 Å². The van der Waals surface area contributed by atoms with Crippen LogP contribution in [0.25, 0.3) is 55.0 Å². The van der Waals surface area contributed by atoms with E-state index < -0.39 is 22.2 Å². The molecule has 330 valence electrons. The summed E-state index contributed by atoms with van der Waals surface area (Å²) in [6, 6.07) is 78.8. The number of aromatic nitrogens is 2. The number of para-hydroxylation sites is 2. The molecule has 2 heterocycles. The Kier molecular flexibility index (Phi) is 8.12. The van der Waals surface area contributed by atoms with Gasteiger partial charge in [-0.1, -0.05) is 242 Å². The van der Waals surface area contributed by atoms with Crippen LogP contribution in [0.4, 0.5) is 0 Å². The predicted octanol–water partition coefficient (Wildman–Crippen LogP) is 10.6. The third-order valence-corrected chi connectivity index (χ3v) is 23.5. The molecule has 0 amide bonds. The highest BCUT2D eigenvalue weighted by Crippen LogP contribution is 2.37. The summed E-state index contributed by atoms with van der Waals surface area (Å²) in [6.45, 7) is 0. The molecule has 0 aliphatic carbocycles. The van der Waals surface area contributed by atoms with Crippen LogP contribution in [0.15, 0.2) is 291 Å². The predicted molar refractivity (Wildman–Crippen MR) is 302 cm³/mol. The fraction of sp³-hybridized carbons (Fsp3) is 0. The summed E-state index contributed by atoms with van der Waals surface area (Å²) in [5.74, 6) is 0. The van der Waals surface area contributed by atoms with Crippen molar-refractivity contribution >= 4 is 101 Å². The van der Waals surface area contributed by atoms with Crippen molar-refractivity contribution in [3.63, 3.8) is 0 Å². The summed E-state index contributed by atoms with van der Waals surface area (Å²) in [5.41, 5.74) is 4.45. The zero-order chi connectivity index (χ0) is 54.3. The molecule has 0 aliphatic rings. The van der Waals surface area contributed by atoms with E-state index in [-0.39, 0.29) is 53.5 Å². The highest BCUT2D eigenvalue weighted by Gasteiger charge is 2.43. The minimum atomic E-state index is -3.79. The third kappa shape index (κ3) is 6.45. The normalized spacial score (nSPS) is 13.8. The van der Waals surface area contributed by atoms with Crippen molar-refractivity contribution in [3.8, 4) is 11.4 Å². The topological polar surface area (TPSA) is 9.86 Å². The largest absolute Gasteiger partial charge is 0.309 e. The van der Waals surface area contributed by atoms with Gasteiger partial charge in [0, 0.05) is 32.9 Å². The van der Waals surface area contributed by atoms with Crippen molar-refractivity contribution in [1.82, 2.24) is 9.13 Å². The highest BCUT2D eigenvalue weighted by molar-refractivity contribution is 7.20. The molecule has 0 bridgehead atoms. The quantitative estimate of drug-likeness (QED) is 0.0955. The zero-order valence-corrected chi connectivity index (χ0v) is 39.9. The SMILES string of the molecule is [2H]c1c([2H])c([2H])c([Si](c2ccccc2)(c2ccccc2)c2cccc(-n3c4ccc(-n5c6ccccc6c6c([2H])c([2H])c([2H])c([2H])c65)cc4c4cc([Si](c5ccccc5)(c5ccccc5)c5ccccc5)ccc43)c2)c([2H])c1[2H]. The van der Waals surface area contributed by atoms with Gasteiger partial charge in [0.2, 0.25) is 0 Å². The van der Waals surface area contributed by atoms with Crippen LogP contribution in [0, 0.1) is 0 Å². The molecule has 0 aliphatic heterocycles. The van der Waals surface area contributed by atoms with E-state index in [0.717, 1.165) is 64.8 Å². The molecule has 2 aromatic heterocycles. The molecular formula is C66H48N2Si2. The van der Waals surface area contributed by atoms with Gasteiger partial charge >= 0.3 is 0 Å². The van der Waals surface area contributed by atoms with Gasteiger partial charge < -0.3 is 9.13 Å². The first-order valence-corrected chi connectivity index (χ1v) is 27.5. The van der Waals surface area contributed by atoms with Gasteiger partial charge in [-0.15, -0.1) is 0 Å². The van der Waals surface area contributed by atoms with Gasteiger partial charge in [0.25, 0.3) is 0 Å². The molecule has 0 saturated carbocycles.